The van der Waals surface area contributed by atoms with E-state index in [4.69, 9.17) is 15.5 Å². The van der Waals surface area contributed by atoms with Crippen molar-refractivity contribution in [3.8, 4) is 0 Å². The summed E-state index contributed by atoms with van der Waals surface area (Å²) in [6, 6.07) is 13.9. The third-order valence-electron chi connectivity index (χ3n) is 5.88. The minimum Gasteiger partial charge on any atom is -0.449 e. The van der Waals surface area contributed by atoms with Crippen molar-refractivity contribution in [1.82, 2.24) is 9.88 Å². The zero-order valence-electron chi connectivity index (χ0n) is 18.6. The Hall–Kier alpha value is -3.78. The number of carbonyl (C=O) groups is 3. The van der Waals surface area contributed by atoms with Crippen molar-refractivity contribution in [1.29, 1.82) is 0 Å². The van der Waals surface area contributed by atoms with E-state index in [0.29, 0.717) is 17.5 Å². The number of carbonyl (C=O) groups excluding carboxylic acids is 3. The molecule has 0 bridgehead atoms. The molecule has 0 fully saturated rings. The molecule has 2 aromatic carbocycles. The molecule has 0 aliphatic carbocycles. The Balaban J connectivity index is 1.61. The minimum absolute atomic E-state index is 0.179. The fourth-order valence-corrected chi connectivity index (χ4v) is 4.06. The predicted molar refractivity (Wildman–Crippen MR) is 125 cm³/mol. The van der Waals surface area contributed by atoms with E-state index < -0.39 is 23.9 Å². The Labute approximate surface area is 191 Å². The lowest BCUT2D eigenvalue weighted by Crippen LogP contribution is -2.34. The van der Waals surface area contributed by atoms with Crippen LogP contribution in [0.25, 0.3) is 10.9 Å². The van der Waals surface area contributed by atoms with Gasteiger partial charge in [0.1, 0.15) is 0 Å². The van der Waals surface area contributed by atoms with Gasteiger partial charge in [-0.25, -0.2) is 4.79 Å². The summed E-state index contributed by atoms with van der Waals surface area (Å²) >= 11 is 0. The molecular weight excluding hydrogens is 420 g/mol. The van der Waals surface area contributed by atoms with Crippen molar-refractivity contribution in [2.75, 3.05) is 18.4 Å². The van der Waals surface area contributed by atoms with Gasteiger partial charge < -0.3 is 15.8 Å². The number of primary amides is 1. The number of fused-ring (bicyclic) bond motifs is 2. The Bertz CT molecular complexity index is 1240. The first-order valence-electron chi connectivity index (χ1n) is 10.9. The number of esters is 1. The van der Waals surface area contributed by atoms with Crippen LogP contribution in [-0.2, 0) is 22.5 Å². The van der Waals surface area contributed by atoms with Gasteiger partial charge in [-0.05, 0) is 31.7 Å². The predicted octanol–water partition coefficient (Wildman–Crippen LogP) is 2.90. The fourth-order valence-electron chi connectivity index (χ4n) is 4.06. The average Bonchev–Trinajstić information content (AvgIpc) is 2.82. The van der Waals surface area contributed by atoms with Crippen LogP contribution >= 0.6 is 0 Å². The van der Waals surface area contributed by atoms with Crippen LogP contribution < -0.4 is 11.1 Å². The summed E-state index contributed by atoms with van der Waals surface area (Å²) in [5.74, 6) is -1.79. The van der Waals surface area contributed by atoms with E-state index in [1.165, 1.54) is 13.0 Å². The number of rotatable bonds is 6. The Morgan fingerprint density at radius 2 is 1.88 bits per heavy atom. The number of amides is 2. The highest BCUT2D eigenvalue weighted by Crippen LogP contribution is 2.29. The Kier molecular flexibility index (Phi) is 6.37. The van der Waals surface area contributed by atoms with Gasteiger partial charge in [0.05, 0.1) is 22.3 Å². The van der Waals surface area contributed by atoms with Gasteiger partial charge in [0.15, 0.2) is 6.10 Å². The summed E-state index contributed by atoms with van der Waals surface area (Å²) in [6.07, 6.45) is -0.347. The molecule has 1 aromatic heterocycles. The first-order valence-corrected chi connectivity index (χ1v) is 10.9. The third kappa shape index (κ3) is 4.56. The molecule has 0 spiro atoms. The van der Waals surface area contributed by atoms with Gasteiger partial charge in [0, 0.05) is 36.2 Å². The number of anilines is 1. The molecule has 170 valence electrons. The second-order valence-electron chi connectivity index (χ2n) is 7.99. The molecule has 1 aliphatic heterocycles. The molecule has 0 radical (unpaired) electrons. The van der Waals surface area contributed by atoms with Crippen molar-refractivity contribution >= 4 is 34.4 Å². The topological polar surface area (TPSA) is 115 Å². The Morgan fingerprint density at radius 1 is 1.15 bits per heavy atom. The number of ether oxygens (including phenoxy) is 1. The smallest absolute Gasteiger partial charge is 0.339 e. The molecular formula is C25H26N4O4. The van der Waals surface area contributed by atoms with Crippen molar-refractivity contribution in [3.05, 3.63) is 70.9 Å². The normalized spacial score (nSPS) is 14.4. The lowest BCUT2D eigenvalue weighted by molar-refractivity contribution is -0.123. The largest absolute Gasteiger partial charge is 0.449 e. The monoisotopic (exact) mass is 446 g/mol. The highest BCUT2D eigenvalue weighted by atomic mass is 16.5. The molecule has 2 heterocycles. The molecule has 3 N–H and O–H groups in total. The van der Waals surface area contributed by atoms with Crippen LogP contribution in [0.3, 0.4) is 0 Å². The summed E-state index contributed by atoms with van der Waals surface area (Å²) in [4.78, 5) is 44.7. The number of nitrogens with two attached hydrogens (primary N) is 1. The second kappa shape index (κ2) is 9.38. The molecule has 0 saturated heterocycles. The number of hydrogen-bond donors (Lipinski definition) is 2. The van der Waals surface area contributed by atoms with Gasteiger partial charge in [-0.15, -0.1) is 0 Å². The first-order chi connectivity index (χ1) is 15.9. The first kappa shape index (κ1) is 22.4. The SMILES string of the molecule is CCN1CCc2nc3ccccc3c(C(=O)OC(C)C(=O)Nc3ccccc3C(N)=O)c2C1. The van der Waals surface area contributed by atoms with E-state index in [1.807, 2.05) is 24.3 Å². The van der Waals surface area contributed by atoms with Crippen LogP contribution in [0.5, 0.6) is 0 Å². The molecule has 2 amide bonds. The van der Waals surface area contributed by atoms with Crippen LogP contribution in [0.2, 0.25) is 0 Å². The van der Waals surface area contributed by atoms with Gasteiger partial charge in [0.25, 0.3) is 11.8 Å². The fraction of sp³-hybridized carbons (Fsp3) is 0.280. The highest BCUT2D eigenvalue weighted by Gasteiger charge is 2.28. The number of aromatic nitrogens is 1. The quantitative estimate of drug-likeness (QED) is 0.563. The van der Waals surface area contributed by atoms with Gasteiger partial charge in [-0.1, -0.05) is 37.3 Å². The van der Waals surface area contributed by atoms with E-state index in [-0.39, 0.29) is 11.3 Å². The van der Waals surface area contributed by atoms with Crippen LogP contribution in [0.1, 0.15) is 45.8 Å². The van der Waals surface area contributed by atoms with Crippen LogP contribution in [0.4, 0.5) is 5.69 Å². The van der Waals surface area contributed by atoms with E-state index in [9.17, 15) is 14.4 Å². The van der Waals surface area contributed by atoms with Gasteiger partial charge in [0.2, 0.25) is 0 Å². The molecule has 1 aliphatic rings. The number of likely N-dealkylation sites (N-methyl/N-ethyl adjacent to an activating group) is 1. The summed E-state index contributed by atoms with van der Waals surface area (Å²) in [7, 11) is 0. The molecule has 1 unspecified atom stereocenters. The van der Waals surface area contributed by atoms with Crippen LogP contribution in [-0.4, -0.2) is 46.9 Å². The van der Waals surface area contributed by atoms with Gasteiger partial charge >= 0.3 is 5.97 Å². The number of para-hydroxylation sites is 2. The number of hydrogen-bond acceptors (Lipinski definition) is 6. The average molecular weight is 447 g/mol. The van der Waals surface area contributed by atoms with E-state index in [0.717, 1.165) is 36.3 Å². The van der Waals surface area contributed by atoms with E-state index in [1.54, 1.807) is 18.2 Å². The Morgan fingerprint density at radius 3 is 2.64 bits per heavy atom. The summed E-state index contributed by atoms with van der Waals surface area (Å²) in [5, 5.41) is 3.33. The maximum absolute atomic E-state index is 13.3. The maximum Gasteiger partial charge on any atom is 0.339 e. The lowest BCUT2D eigenvalue weighted by Gasteiger charge is -2.29. The highest BCUT2D eigenvalue weighted by molar-refractivity contribution is 6.07. The van der Waals surface area contributed by atoms with Gasteiger partial charge in [-0.3, -0.25) is 19.5 Å². The minimum atomic E-state index is -1.09. The molecule has 33 heavy (non-hydrogen) atoms. The number of benzene rings is 2. The molecule has 4 rings (SSSR count). The molecule has 1 atom stereocenters. The standard InChI is InChI=1S/C25H26N4O4/c1-3-29-13-12-21-18(14-29)22(16-8-4-6-10-19(16)27-21)25(32)33-15(2)24(31)28-20-11-7-5-9-17(20)23(26)30/h4-11,15H,3,12-14H2,1-2H3,(H2,26,30)(H,28,31). The van der Waals surface area contributed by atoms with Crippen molar-refractivity contribution in [3.63, 3.8) is 0 Å². The maximum atomic E-state index is 13.3. The second-order valence-corrected chi connectivity index (χ2v) is 7.99. The zero-order chi connectivity index (χ0) is 23.5. The number of pyridine rings is 1. The summed E-state index contributed by atoms with van der Waals surface area (Å²) in [6.45, 7) is 5.91. The van der Waals surface area contributed by atoms with E-state index >= 15 is 0 Å². The van der Waals surface area contributed by atoms with Crippen molar-refractivity contribution in [2.24, 2.45) is 5.73 Å². The molecule has 8 nitrogen and oxygen atoms in total. The van der Waals surface area contributed by atoms with Gasteiger partial charge in [-0.2, -0.15) is 0 Å². The molecule has 3 aromatic rings. The lowest BCUT2D eigenvalue weighted by atomic mass is 9.95. The number of nitrogens with zero attached hydrogens (tertiary/aromatic N) is 2. The van der Waals surface area contributed by atoms with Crippen LogP contribution in [0.15, 0.2) is 48.5 Å². The molecule has 8 heteroatoms. The third-order valence-corrected chi connectivity index (χ3v) is 5.88. The summed E-state index contributed by atoms with van der Waals surface area (Å²) < 4.78 is 5.60. The van der Waals surface area contributed by atoms with Crippen LogP contribution in [0, 0.1) is 0 Å². The zero-order valence-corrected chi connectivity index (χ0v) is 18.6. The molecule has 0 saturated carbocycles. The van der Waals surface area contributed by atoms with Crippen molar-refractivity contribution < 1.29 is 19.1 Å². The summed E-state index contributed by atoms with van der Waals surface area (Å²) in [5.41, 5.74) is 8.73. The van der Waals surface area contributed by atoms with E-state index in [2.05, 4.69) is 17.1 Å². The number of nitrogens with one attached hydrogen (secondary N) is 1. The van der Waals surface area contributed by atoms with Crippen molar-refractivity contribution in [2.45, 2.75) is 32.9 Å².